The number of rotatable bonds is 4. The van der Waals surface area contributed by atoms with Crippen LogP contribution in [0, 0.1) is 16.7 Å². The molecule has 84 valence electrons. The van der Waals surface area contributed by atoms with Crippen molar-refractivity contribution in [3.05, 3.63) is 12.2 Å². The van der Waals surface area contributed by atoms with E-state index in [9.17, 15) is 4.79 Å². The third kappa shape index (κ3) is 1.89. The molecule has 0 spiro atoms. The lowest BCUT2D eigenvalue weighted by atomic mass is 9.69. The van der Waals surface area contributed by atoms with Gasteiger partial charge in [0.15, 0.2) is 0 Å². The Balaban J connectivity index is 1.78. The minimum absolute atomic E-state index is 0.152. The Bertz CT molecular complexity index is 401. The van der Waals surface area contributed by atoms with E-state index in [0.29, 0.717) is 25.8 Å². The summed E-state index contributed by atoms with van der Waals surface area (Å²) >= 11 is 0. The Morgan fingerprint density at radius 3 is 3.00 bits per heavy atom. The lowest BCUT2D eigenvalue weighted by molar-refractivity contribution is -0.131. The van der Waals surface area contributed by atoms with E-state index < -0.39 is 5.41 Å². The number of aromatic nitrogens is 3. The third-order valence-electron chi connectivity index (χ3n) is 2.97. The summed E-state index contributed by atoms with van der Waals surface area (Å²) in [4.78, 5) is 15.7. The van der Waals surface area contributed by atoms with E-state index >= 15 is 0 Å². The quantitative estimate of drug-likeness (QED) is 0.754. The molecule has 0 saturated heterocycles. The van der Waals surface area contributed by atoms with Crippen LogP contribution in [-0.4, -0.2) is 27.6 Å². The fraction of sp³-hybridized carbons (Fsp3) is 0.600. The number of carbonyl (C=O) groups excluding carboxylic acids is 1. The van der Waals surface area contributed by atoms with Gasteiger partial charge in [-0.3, -0.25) is 9.89 Å². The number of hydrogen-bond donors (Lipinski definition) is 2. The molecule has 1 aliphatic carbocycles. The van der Waals surface area contributed by atoms with Gasteiger partial charge in [-0.15, -0.1) is 0 Å². The van der Waals surface area contributed by atoms with Crippen LogP contribution in [0.4, 0.5) is 0 Å². The van der Waals surface area contributed by atoms with E-state index in [0.717, 1.165) is 12.2 Å². The number of H-pyrrole nitrogens is 1. The van der Waals surface area contributed by atoms with Crippen molar-refractivity contribution in [2.24, 2.45) is 5.41 Å². The number of hydrogen-bond acceptors (Lipinski definition) is 4. The van der Waals surface area contributed by atoms with E-state index in [-0.39, 0.29) is 5.91 Å². The molecule has 2 rings (SSSR count). The third-order valence-corrected chi connectivity index (χ3v) is 2.97. The van der Waals surface area contributed by atoms with Gasteiger partial charge in [-0.25, -0.2) is 4.98 Å². The Labute approximate surface area is 93.1 Å². The highest BCUT2D eigenvalue weighted by Crippen LogP contribution is 2.40. The number of carbonyl (C=O) groups is 1. The van der Waals surface area contributed by atoms with Crippen molar-refractivity contribution in [2.45, 2.75) is 25.7 Å². The molecule has 16 heavy (non-hydrogen) atoms. The first kappa shape index (κ1) is 10.6. The standard InChI is InChI=1S/C10H13N5O/c11-6-10(3-1-4-10)9(16)12-5-2-8-13-7-14-15-8/h7H,1-5H2,(H,12,16)(H,13,14,15). The maximum atomic E-state index is 11.7. The van der Waals surface area contributed by atoms with Crippen LogP contribution in [0.3, 0.4) is 0 Å². The van der Waals surface area contributed by atoms with Crippen molar-refractivity contribution < 1.29 is 4.79 Å². The molecule has 1 saturated carbocycles. The Kier molecular flexibility index (Phi) is 2.86. The van der Waals surface area contributed by atoms with Gasteiger partial charge in [0.1, 0.15) is 17.6 Å². The highest BCUT2D eigenvalue weighted by Gasteiger charge is 2.44. The van der Waals surface area contributed by atoms with Crippen molar-refractivity contribution >= 4 is 5.91 Å². The number of nitriles is 1. The zero-order valence-electron chi connectivity index (χ0n) is 8.86. The first-order valence-electron chi connectivity index (χ1n) is 5.31. The highest BCUT2D eigenvalue weighted by atomic mass is 16.2. The van der Waals surface area contributed by atoms with Crippen LogP contribution in [0.1, 0.15) is 25.1 Å². The molecular formula is C10H13N5O. The van der Waals surface area contributed by atoms with E-state index in [1.807, 2.05) is 0 Å². The molecule has 0 radical (unpaired) electrons. The maximum absolute atomic E-state index is 11.7. The van der Waals surface area contributed by atoms with Gasteiger partial charge in [0, 0.05) is 13.0 Å². The summed E-state index contributed by atoms with van der Waals surface area (Å²) in [6.45, 7) is 0.484. The van der Waals surface area contributed by atoms with Crippen molar-refractivity contribution in [3.8, 4) is 6.07 Å². The second kappa shape index (κ2) is 4.31. The second-order valence-corrected chi connectivity index (χ2v) is 3.99. The normalized spacial score (nSPS) is 17.2. The fourth-order valence-corrected chi connectivity index (χ4v) is 1.73. The number of nitrogens with zero attached hydrogens (tertiary/aromatic N) is 3. The van der Waals surface area contributed by atoms with Crippen molar-refractivity contribution in [1.82, 2.24) is 20.5 Å². The molecule has 1 aliphatic rings. The molecule has 1 amide bonds. The van der Waals surface area contributed by atoms with E-state index in [2.05, 4.69) is 26.6 Å². The minimum Gasteiger partial charge on any atom is -0.354 e. The lowest BCUT2D eigenvalue weighted by Gasteiger charge is -2.33. The molecule has 0 aliphatic heterocycles. The van der Waals surface area contributed by atoms with Gasteiger partial charge >= 0.3 is 0 Å². The smallest absolute Gasteiger partial charge is 0.240 e. The van der Waals surface area contributed by atoms with Gasteiger partial charge in [0.25, 0.3) is 0 Å². The summed E-state index contributed by atoms with van der Waals surface area (Å²) in [6.07, 6.45) is 4.35. The Morgan fingerprint density at radius 2 is 2.50 bits per heavy atom. The number of amides is 1. The monoisotopic (exact) mass is 219 g/mol. The zero-order chi connectivity index (χ0) is 11.4. The van der Waals surface area contributed by atoms with Crippen LogP contribution in [0.25, 0.3) is 0 Å². The predicted octanol–water partition coefficient (Wildman–Crippen LogP) is 0.157. The van der Waals surface area contributed by atoms with Gasteiger partial charge in [-0.2, -0.15) is 10.4 Å². The molecule has 6 nitrogen and oxygen atoms in total. The van der Waals surface area contributed by atoms with Gasteiger partial charge in [-0.05, 0) is 19.3 Å². The van der Waals surface area contributed by atoms with Gasteiger partial charge in [0.2, 0.25) is 5.91 Å². The zero-order valence-corrected chi connectivity index (χ0v) is 8.86. The number of nitrogens with one attached hydrogen (secondary N) is 2. The van der Waals surface area contributed by atoms with Gasteiger partial charge < -0.3 is 5.32 Å². The van der Waals surface area contributed by atoms with Crippen LogP contribution in [0.5, 0.6) is 0 Å². The highest BCUT2D eigenvalue weighted by molar-refractivity contribution is 5.86. The molecule has 1 aromatic heterocycles. The first-order valence-corrected chi connectivity index (χ1v) is 5.31. The maximum Gasteiger partial charge on any atom is 0.240 e. The first-order chi connectivity index (χ1) is 7.77. The van der Waals surface area contributed by atoms with Crippen molar-refractivity contribution in [1.29, 1.82) is 5.26 Å². The average Bonchev–Trinajstić information content (AvgIpc) is 2.70. The van der Waals surface area contributed by atoms with E-state index in [1.165, 1.54) is 6.33 Å². The van der Waals surface area contributed by atoms with Crippen LogP contribution in [0.2, 0.25) is 0 Å². The van der Waals surface area contributed by atoms with Crippen LogP contribution in [0.15, 0.2) is 6.33 Å². The van der Waals surface area contributed by atoms with Gasteiger partial charge in [-0.1, -0.05) is 0 Å². The van der Waals surface area contributed by atoms with Crippen molar-refractivity contribution in [3.63, 3.8) is 0 Å². The fourth-order valence-electron chi connectivity index (χ4n) is 1.73. The van der Waals surface area contributed by atoms with Crippen LogP contribution < -0.4 is 5.32 Å². The summed E-state index contributed by atoms with van der Waals surface area (Å²) in [5.74, 6) is 0.584. The van der Waals surface area contributed by atoms with Crippen molar-refractivity contribution in [2.75, 3.05) is 6.54 Å². The predicted molar refractivity (Wildman–Crippen MR) is 55.0 cm³/mol. The molecular weight excluding hydrogens is 206 g/mol. The summed E-state index contributed by atoms with van der Waals surface area (Å²) < 4.78 is 0. The lowest BCUT2D eigenvalue weighted by Crippen LogP contribution is -2.45. The molecule has 1 aromatic rings. The van der Waals surface area contributed by atoms with E-state index in [1.54, 1.807) is 0 Å². The van der Waals surface area contributed by atoms with Gasteiger partial charge in [0.05, 0.1) is 6.07 Å². The molecule has 1 fully saturated rings. The second-order valence-electron chi connectivity index (χ2n) is 3.99. The summed E-state index contributed by atoms with van der Waals surface area (Å²) in [5.41, 5.74) is -0.762. The average molecular weight is 219 g/mol. The SMILES string of the molecule is N#CC1(C(=O)NCCc2ncn[nH]2)CCC1. The molecule has 0 aromatic carbocycles. The molecule has 0 bridgehead atoms. The molecule has 0 unspecified atom stereocenters. The largest absolute Gasteiger partial charge is 0.354 e. The summed E-state index contributed by atoms with van der Waals surface area (Å²) in [7, 11) is 0. The molecule has 0 atom stereocenters. The molecule has 6 heteroatoms. The number of aromatic amines is 1. The van der Waals surface area contributed by atoms with Crippen LogP contribution in [-0.2, 0) is 11.2 Å². The Hall–Kier alpha value is -1.90. The summed E-state index contributed by atoms with van der Waals surface area (Å²) in [5, 5.41) is 18.1. The molecule has 1 heterocycles. The topological polar surface area (TPSA) is 94.5 Å². The molecule has 2 N–H and O–H groups in total. The minimum atomic E-state index is -0.762. The van der Waals surface area contributed by atoms with E-state index in [4.69, 9.17) is 5.26 Å². The summed E-state index contributed by atoms with van der Waals surface area (Å²) in [6, 6.07) is 2.11. The Morgan fingerprint density at radius 1 is 1.69 bits per heavy atom. The van der Waals surface area contributed by atoms with Crippen LogP contribution >= 0.6 is 0 Å².